The van der Waals surface area contributed by atoms with Crippen LogP contribution >= 0.6 is 0 Å². The lowest BCUT2D eigenvalue weighted by Gasteiger charge is -2.10. The molecule has 1 aromatic carbocycles. The van der Waals surface area contributed by atoms with Gasteiger partial charge >= 0.3 is 0 Å². The minimum atomic E-state index is -0.131. The van der Waals surface area contributed by atoms with Crippen LogP contribution in [0.15, 0.2) is 29.2 Å². The lowest BCUT2D eigenvalue weighted by Crippen LogP contribution is -2.20. The van der Waals surface area contributed by atoms with Crippen LogP contribution in [0.2, 0.25) is 0 Å². The number of fused-ring (bicyclic) bond motifs is 1. The van der Waals surface area contributed by atoms with Gasteiger partial charge in [-0.1, -0.05) is 0 Å². The van der Waals surface area contributed by atoms with Crippen LogP contribution in [0.4, 0.5) is 0 Å². The fourth-order valence-electron chi connectivity index (χ4n) is 1.88. The molecule has 2 rings (SSSR count). The van der Waals surface area contributed by atoms with E-state index in [4.69, 9.17) is 9.84 Å². The molecule has 1 heterocycles. The monoisotopic (exact) mass is 248 g/mol. The summed E-state index contributed by atoms with van der Waals surface area (Å²) in [7, 11) is 1.59. The van der Waals surface area contributed by atoms with Crippen LogP contribution in [0.5, 0.6) is 5.75 Å². The molecule has 0 spiro atoms. The van der Waals surface area contributed by atoms with E-state index < -0.39 is 0 Å². The fraction of sp³-hybridized carbons (Fsp3) is 0.385. The van der Waals surface area contributed by atoms with Gasteiger partial charge in [0, 0.05) is 19.2 Å². The highest BCUT2D eigenvalue weighted by Gasteiger charge is 2.05. The second-order valence-corrected chi connectivity index (χ2v) is 4.03. The Bertz CT molecular complexity index is 592. The highest BCUT2D eigenvalue weighted by Crippen LogP contribution is 2.18. The Morgan fingerprint density at radius 2 is 2.22 bits per heavy atom. The molecule has 0 unspecified atom stereocenters. The van der Waals surface area contributed by atoms with E-state index in [-0.39, 0.29) is 12.2 Å². The Hall–Kier alpha value is -1.88. The van der Waals surface area contributed by atoms with Crippen molar-refractivity contribution in [2.75, 3.05) is 13.7 Å². The molecule has 96 valence electrons. The molecule has 0 saturated heterocycles. The van der Waals surface area contributed by atoms with Gasteiger partial charge in [-0.05, 0) is 25.0 Å². The average molecular weight is 248 g/mol. The molecule has 0 atom stereocenters. The summed E-state index contributed by atoms with van der Waals surface area (Å²) < 4.78 is 6.83. The zero-order valence-electron chi connectivity index (χ0n) is 10.3. The second kappa shape index (κ2) is 5.64. The average Bonchev–Trinajstić information content (AvgIpc) is 2.41. The summed E-state index contributed by atoms with van der Waals surface area (Å²) in [6.07, 6.45) is 2.76. The van der Waals surface area contributed by atoms with Crippen LogP contribution in [-0.4, -0.2) is 28.4 Å². The molecule has 5 heteroatoms. The van der Waals surface area contributed by atoms with Gasteiger partial charge in [0.05, 0.1) is 24.3 Å². The molecule has 18 heavy (non-hydrogen) atoms. The van der Waals surface area contributed by atoms with Gasteiger partial charge in [-0.15, -0.1) is 0 Å². The number of ether oxygens (including phenoxy) is 1. The van der Waals surface area contributed by atoms with Crippen LogP contribution in [0.1, 0.15) is 12.8 Å². The number of nitrogens with zero attached hydrogens (tertiary/aromatic N) is 2. The number of aliphatic hydroxyl groups is 1. The van der Waals surface area contributed by atoms with Gasteiger partial charge in [-0.3, -0.25) is 4.79 Å². The number of hydrogen-bond donors (Lipinski definition) is 1. The quantitative estimate of drug-likeness (QED) is 0.807. The van der Waals surface area contributed by atoms with Gasteiger partial charge in [0.1, 0.15) is 5.75 Å². The van der Waals surface area contributed by atoms with Gasteiger partial charge < -0.3 is 14.4 Å². The van der Waals surface area contributed by atoms with Crippen molar-refractivity contribution < 1.29 is 9.84 Å². The fourth-order valence-corrected chi connectivity index (χ4v) is 1.88. The molecule has 0 aliphatic heterocycles. The van der Waals surface area contributed by atoms with Crippen LogP contribution in [0.25, 0.3) is 11.0 Å². The van der Waals surface area contributed by atoms with Crippen LogP contribution in [-0.2, 0) is 6.54 Å². The minimum absolute atomic E-state index is 0.131. The summed E-state index contributed by atoms with van der Waals surface area (Å²) in [4.78, 5) is 15.9. The number of methoxy groups -OCH3 is 1. The van der Waals surface area contributed by atoms with Gasteiger partial charge in [-0.2, -0.15) is 0 Å². The standard InChI is InChI=1S/C13H16N2O3/c1-18-10-4-5-11-12(8-10)15(6-2-3-7-16)13(17)9-14-11/h4-5,8-9,16H,2-3,6-7H2,1H3. The maximum absolute atomic E-state index is 11.8. The first-order valence-electron chi connectivity index (χ1n) is 5.90. The summed E-state index contributed by atoms with van der Waals surface area (Å²) in [5, 5.41) is 8.79. The molecule has 0 aliphatic carbocycles. The van der Waals surface area contributed by atoms with Crippen molar-refractivity contribution in [2.45, 2.75) is 19.4 Å². The summed E-state index contributed by atoms with van der Waals surface area (Å²) in [5.41, 5.74) is 1.40. The Kier molecular flexibility index (Phi) is 3.94. The van der Waals surface area contributed by atoms with Crippen LogP contribution < -0.4 is 10.3 Å². The van der Waals surface area contributed by atoms with Crippen molar-refractivity contribution in [1.82, 2.24) is 9.55 Å². The number of hydrogen-bond acceptors (Lipinski definition) is 4. The van der Waals surface area contributed by atoms with Crippen LogP contribution in [0.3, 0.4) is 0 Å². The largest absolute Gasteiger partial charge is 0.497 e. The lowest BCUT2D eigenvalue weighted by atomic mass is 10.2. The molecule has 0 aliphatic rings. The van der Waals surface area contributed by atoms with Gasteiger partial charge in [0.2, 0.25) is 0 Å². The molecular weight excluding hydrogens is 232 g/mol. The molecular formula is C13H16N2O3. The Balaban J connectivity index is 2.47. The predicted molar refractivity (Wildman–Crippen MR) is 68.9 cm³/mol. The van der Waals surface area contributed by atoms with E-state index in [1.165, 1.54) is 6.20 Å². The molecule has 0 amide bonds. The smallest absolute Gasteiger partial charge is 0.269 e. The molecule has 1 N–H and O–H groups in total. The van der Waals surface area contributed by atoms with Crippen molar-refractivity contribution in [3.05, 3.63) is 34.7 Å². The first kappa shape index (κ1) is 12.6. The lowest BCUT2D eigenvalue weighted by molar-refractivity contribution is 0.281. The second-order valence-electron chi connectivity index (χ2n) is 4.03. The highest BCUT2D eigenvalue weighted by molar-refractivity contribution is 5.76. The molecule has 0 radical (unpaired) electrons. The third-order valence-corrected chi connectivity index (χ3v) is 2.84. The first-order chi connectivity index (χ1) is 8.76. The summed E-state index contributed by atoms with van der Waals surface area (Å²) >= 11 is 0. The zero-order chi connectivity index (χ0) is 13.0. The zero-order valence-corrected chi connectivity index (χ0v) is 10.3. The third kappa shape index (κ3) is 2.51. The predicted octanol–water partition coefficient (Wildman–Crippen LogP) is 1.18. The van der Waals surface area contributed by atoms with Gasteiger partial charge in [0.25, 0.3) is 5.56 Å². The Morgan fingerprint density at radius 1 is 1.39 bits per heavy atom. The van der Waals surface area contributed by atoms with E-state index in [0.29, 0.717) is 18.7 Å². The van der Waals surface area contributed by atoms with Crippen molar-refractivity contribution >= 4 is 11.0 Å². The highest BCUT2D eigenvalue weighted by atomic mass is 16.5. The third-order valence-electron chi connectivity index (χ3n) is 2.84. The number of benzene rings is 1. The minimum Gasteiger partial charge on any atom is -0.497 e. The summed E-state index contributed by atoms with van der Waals surface area (Å²) in [6, 6.07) is 5.46. The van der Waals surface area contributed by atoms with E-state index >= 15 is 0 Å². The molecule has 5 nitrogen and oxygen atoms in total. The first-order valence-corrected chi connectivity index (χ1v) is 5.90. The maximum atomic E-state index is 11.8. The number of rotatable bonds is 5. The maximum Gasteiger partial charge on any atom is 0.269 e. The van der Waals surface area contributed by atoms with E-state index in [1.54, 1.807) is 11.7 Å². The van der Waals surface area contributed by atoms with E-state index in [0.717, 1.165) is 17.5 Å². The Morgan fingerprint density at radius 3 is 2.94 bits per heavy atom. The van der Waals surface area contributed by atoms with E-state index in [2.05, 4.69) is 4.98 Å². The molecule has 1 aromatic heterocycles. The van der Waals surface area contributed by atoms with E-state index in [9.17, 15) is 4.79 Å². The summed E-state index contributed by atoms with van der Waals surface area (Å²) in [5.74, 6) is 0.700. The Labute approximate surface area is 105 Å². The molecule has 2 aromatic rings. The summed E-state index contributed by atoms with van der Waals surface area (Å²) in [6.45, 7) is 0.715. The number of aryl methyl sites for hydroxylation is 1. The van der Waals surface area contributed by atoms with Crippen molar-refractivity contribution in [1.29, 1.82) is 0 Å². The van der Waals surface area contributed by atoms with Crippen molar-refractivity contribution in [3.63, 3.8) is 0 Å². The van der Waals surface area contributed by atoms with Crippen LogP contribution in [0, 0.1) is 0 Å². The van der Waals surface area contributed by atoms with E-state index in [1.807, 2.05) is 18.2 Å². The molecule has 0 fully saturated rings. The normalized spacial score (nSPS) is 10.8. The van der Waals surface area contributed by atoms with Crippen molar-refractivity contribution in [3.8, 4) is 5.75 Å². The molecule has 0 bridgehead atoms. The van der Waals surface area contributed by atoms with Gasteiger partial charge in [-0.25, -0.2) is 4.98 Å². The molecule has 0 saturated carbocycles. The van der Waals surface area contributed by atoms with Gasteiger partial charge in [0.15, 0.2) is 0 Å². The topological polar surface area (TPSA) is 64.3 Å². The number of aromatic nitrogens is 2. The number of aliphatic hydroxyl groups excluding tert-OH is 1. The SMILES string of the molecule is COc1ccc2ncc(=O)n(CCCCO)c2c1. The number of unbranched alkanes of at least 4 members (excludes halogenated alkanes) is 1. The van der Waals surface area contributed by atoms with Crippen molar-refractivity contribution in [2.24, 2.45) is 0 Å².